The third-order valence-corrected chi connectivity index (χ3v) is 3.26. The average Bonchev–Trinajstić information content (AvgIpc) is 2.21. The molecule has 0 aliphatic heterocycles. The molecule has 0 saturated heterocycles. The zero-order valence-electron chi connectivity index (χ0n) is 11.1. The van der Waals surface area contributed by atoms with Crippen molar-refractivity contribution < 1.29 is 4.79 Å². The lowest BCUT2D eigenvalue weighted by Crippen LogP contribution is -2.34. The summed E-state index contributed by atoms with van der Waals surface area (Å²) in [5.41, 5.74) is 0.210. The van der Waals surface area contributed by atoms with Crippen LogP contribution in [0.3, 0.4) is 0 Å². The van der Waals surface area contributed by atoms with Gasteiger partial charge in [-0.1, -0.05) is 43.6 Å². The molecule has 0 fully saturated rings. The summed E-state index contributed by atoms with van der Waals surface area (Å²) >= 11 is 3.44. The van der Waals surface area contributed by atoms with Crippen LogP contribution >= 0.6 is 15.9 Å². The quantitative estimate of drug-likeness (QED) is 0.678. The maximum absolute atomic E-state index is 11.5. The highest BCUT2D eigenvalue weighted by Gasteiger charge is 2.18. The zero-order valence-corrected chi connectivity index (χ0v) is 12.7. The van der Waals surface area contributed by atoms with E-state index in [1.165, 1.54) is 0 Å². The van der Waals surface area contributed by atoms with Crippen LogP contribution in [-0.4, -0.2) is 17.8 Å². The van der Waals surface area contributed by atoms with Crippen LogP contribution in [0.25, 0.3) is 0 Å². The van der Waals surface area contributed by atoms with Gasteiger partial charge in [-0.3, -0.25) is 4.79 Å². The molecule has 0 aliphatic carbocycles. The fourth-order valence-electron chi connectivity index (χ4n) is 1.48. The molecule has 96 valence electrons. The summed E-state index contributed by atoms with van der Waals surface area (Å²) in [4.78, 5) is 11.5. The minimum atomic E-state index is 0.195. The van der Waals surface area contributed by atoms with E-state index in [-0.39, 0.29) is 11.3 Å². The lowest BCUT2D eigenvalue weighted by atomic mass is 9.88. The fraction of sp³-hybridized carbons (Fsp3) is 0.923. The van der Waals surface area contributed by atoms with Crippen LogP contribution in [0.2, 0.25) is 0 Å². The van der Waals surface area contributed by atoms with Gasteiger partial charge in [-0.2, -0.15) is 0 Å². The zero-order chi connectivity index (χ0) is 12.6. The first-order valence-corrected chi connectivity index (χ1v) is 7.32. The van der Waals surface area contributed by atoms with E-state index in [1.807, 2.05) is 0 Å². The molecule has 0 bridgehead atoms. The molecule has 1 N–H and O–H groups in total. The molecule has 0 aliphatic rings. The Morgan fingerprint density at radius 2 is 2.00 bits per heavy atom. The molecule has 0 aromatic heterocycles. The average molecular weight is 292 g/mol. The second-order valence-electron chi connectivity index (χ2n) is 5.67. The Labute approximate surface area is 109 Å². The minimum Gasteiger partial charge on any atom is -0.356 e. The lowest BCUT2D eigenvalue weighted by molar-refractivity contribution is -0.121. The third kappa shape index (κ3) is 9.20. The van der Waals surface area contributed by atoms with Gasteiger partial charge in [0, 0.05) is 18.3 Å². The Kier molecular flexibility index (Phi) is 8.08. The first-order chi connectivity index (χ1) is 7.37. The summed E-state index contributed by atoms with van der Waals surface area (Å²) in [6.07, 6.45) is 3.94. The number of alkyl halides is 1. The Hall–Kier alpha value is -0.0500. The van der Waals surface area contributed by atoms with E-state index >= 15 is 0 Å². The summed E-state index contributed by atoms with van der Waals surface area (Å²) in [6.45, 7) is 9.49. The largest absolute Gasteiger partial charge is 0.356 e. The molecule has 0 saturated carbocycles. The highest BCUT2D eigenvalue weighted by atomic mass is 79.9. The van der Waals surface area contributed by atoms with E-state index in [1.54, 1.807) is 0 Å². The molecule has 1 amide bonds. The number of halogens is 1. The van der Waals surface area contributed by atoms with Crippen molar-refractivity contribution in [1.29, 1.82) is 0 Å². The number of nitrogens with one attached hydrogen (secondary N) is 1. The summed E-state index contributed by atoms with van der Waals surface area (Å²) in [6, 6.07) is 0. The summed E-state index contributed by atoms with van der Waals surface area (Å²) < 4.78 is 0. The molecule has 0 atom stereocenters. The molecular formula is C13H26BrNO. The maximum atomic E-state index is 11.5. The SMILES string of the molecule is CC(C)CCC(=O)NCC(C)(C)CCCBr. The van der Waals surface area contributed by atoms with Crippen molar-refractivity contribution in [3.8, 4) is 0 Å². The number of carbonyl (C=O) groups excluding carboxylic acids is 1. The Bertz CT molecular complexity index is 202. The first kappa shape index (κ1) is 16.0. The van der Waals surface area contributed by atoms with Gasteiger partial charge in [0.2, 0.25) is 5.91 Å². The molecule has 0 aromatic carbocycles. The minimum absolute atomic E-state index is 0.195. The van der Waals surface area contributed by atoms with Gasteiger partial charge in [0.25, 0.3) is 0 Å². The first-order valence-electron chi connectivity index (χ1n) is 6.20. The monoisotopic (exact) mass is 291 g/mol. The molecule has 2 nitrogen and oxygen atoms in total. The van der Waals surface area contributed by atoms with Gasteiger partial charge in [0.1, 0.15) is 0 Å². The molecule has 0 unspecified atom stereocenters. The Morgan fingerprint density at radius 1 is 1.38 bits per heavy atom. The fourth-order valence-corrected chi connectivity index (χ4v) is 1.76. The van der Waals surface area contributed by atoms with Crippen molar-refractivity contribution in [2.75, 3.05) is 11.9 Å². The maximum Gasteiger partial charge on any atom is 0.220 e. The highest BCUT2D eigenvalue weighted by molar-refractivity contribution is 9.09. The van der Waals surface area contributed by atoms with Gasteiger partial charge in [-0.05, 0) is 30.6 Å². The van der Waals surface area contributed by atoms with Crippen molar-refractivity contribution in [2.45, 2.75) is 53.4 Å². The van der Waals surface area contributed by atoms with Gasteiger partial charge in [0.15, 0.2) is 0 Å². The van der Waals surface area contributed by atoms with Crippen LogP contribution in [0, 0.1) is 11.3 Å². The van der Waals surface area contributed by atoms with Crippen molar-refractivity contribution in [1.82, 2.24) is 5.32 Å². The summed E-state index contributed by atoms with van der Waals surface area (Å²) in [5.74, 6) is 0.799. The van der Waals surface area contributed by atoms with Crippen molar-refractivity contribution in [3.05, 3.63) is 0 Å². The van der Waals surface area contributed by atoms with E-state index in [4.69, 9.17) is 0 Å². The molecule has 0 rings (SSSR count). The lowest BCUT2D eigenvalue weighted by Gasteiger charge is -2.24. The van der Waals surface area contributed by atoms with Crippen molar-refractivity contribution in [2.24, 2.45) is 11.3 Å². The summed E-state index contributed by atoms with van der Waals surface area (Å²) in [7, 11) is 0. The number of carbonyl (C=O) groups is 1. The second-order valence-corrected chi connectivity index (χ2v) is 6.46. The van der Waals surface area contributed by atoms with Gasteiger partial charge in [0.05, 0.1) is 0 Å². The predicted molar refractivity (Wildman–Crippen MR) is 73.9 cm³/mol. The molecule has 3 heteroatoms. The van der Waals surface area contributed by atoms with E-state index in [0.717, 1.165) is 31.1 Å². The third-order valence-electron chi connectivity index (χ3n) is 2.70. The van der Waals surface area contributed by atoms with Crippen LogP contribution < -0.4 is 5.32 Å². The van der Waals surface area contributed by atoms with Crippen LogP contribution in [-0.2, 0) is 4.79 Å². The van der Waals surface area contributed by atoms with Crippen LogP contribution in [0.1, 0.15) is 53.4 Å². The smallest absolute Gasteiger partial charge is 0.220 e. The van der Waals surface area contributed by atoms with Crippen LogP contribution in [0.15, 0.2) is 0 Å². The molecule has 0 spiro atoms. The molecule has 16 heavy (non-hydrogen) atoms. The summed E-state index contributed by atoms with van der Waals surface area (Å²) in [5, 5.41) is 4.07. The van der Waals surface area contributed by atoms with Crippen molar-refractivity contribution in [3.63, 3.8) is 0 Å². The molecule has 0 radical (unpaired) electrons. The van der Waals surface area contributed by atoms with Gasteiger partial charge < -0.3 is 5.32 Å². The molecule has 0 aromatic rings. The van der Waals surface area contributed by atoms with Crippen LogP contribution in [0.4, 0.5) is 0 Å². The van der Waals surface area contributed by atoms with Crippen molar-refractivity contribution >= 4 is 21.8 Å². The Balaban J connectivity index is 3.72. The number of hydrogen-bond acceptors (Lipinski definition) is 1. The second kappa shape index (κ2) is 8.10. The van der Waals surface area contributed by atoms with Crippen LogP contribution in [0.5, 0.6) is 0 Å². The van der Waals surface area contributed by atoms with Gasteiger partial charge in [-0.15, -0.1) is 0 Å². The van der Waals surface area contributed by atoms with Gasteiger partial charge in [-0.25, -0.2) is 0 Å². The van der Waals surface area contributed by atoms with E-state index < -0.39 is 0 Å². The van der Waals surface area contributed by atoms with Gasteiger partial charge >= 0.3 is 0 Å². The topological polar surface area (TPSA) is 29.1 Å². The number of amides is 1. The number of rotatable bonds is 8. The highest BCUT2D eigenvalue weighted by Crippen LogP contribution is 2.21. The van der Waals surface area contributed by atoms with E-state index in [0.29, 0.717) is 12.3 Å². The molecule has 0 heterocycles. The standard InChI is InChI=1S/C13H26BrNO/c1-11(2)6-7-12(16)15-10-13(3,4)8-5-9-14/h11H,5-10H2,1-4H3,(H,15,16). The Morgan fingerprint density at radius 3 is 2.50 bits per heavy atom. The van der Waals surface area contributed by atoms with E-state index in [9.17, 15) is 4.79 Å². The number of hydrogen-bond donors (Lipinski definition) is 1. The predicted octanol–water partition coefficient (Wildman–Crippen LogP) is 3.74. The van der Waals surface area contributed by atoms with E-state index in [2.05, 4.69) is 48.9 Å². The normalized spacial score (nSPS) is 11.9. The molecular weight excluding hydrogens is 266 g/mol.